The van der Waals surface area contributed by atoms with Crippen molar-refractivity contribution in [3.63, 3.8) is 0 Å². The highest BCUT2D eigenvalue weighted by Crippen LogP contribution is 2.68. The van der Waals surface area contributed by atoms with Gasteiger partial charge in [-0.05, 0) is 99.2 Å². The fourth-order valence-corrected chi connectivity index (χ4v) is 9.86. The molecule has 1 heterocycles. The second-order valence-electron chi connectivity index (χ2n) is 13.4. The molecule has 1 aliphatic heterocycles. The highest BCUT2D eigenvalue weighted by Gasteiger charge is 2.63. The lowest BCUT2D eigenvalue weighted by atomic mass is 9.43. The highest BCUT2D eigenvalue weighted by molar-refractivity contribution is 5.84. The van der Waals surface area contributed by atoms with E-state index in [4.69, 9.17) is 4.74 Å². The molecule has 0 aromatic carbocycles. The molecule has 4 aliphatic carbocycles. The van der Waals surface area contributed by atoms with Crippen molar-refractivity contribution in [1.82, 2.24) is 9.80 Å². The number of ketones is 1. The smallest absolute Gasteiger partial charge is 0.219 e. The molecule has 4 saturated carbocycles. The van der Waals surface area contributed by atoms with Crippen molar-refractivity contribution >= 4 is 11.7 Å². The Hall–Kier alpha value is -0.980. The summed E-state index contributed by atoms with van der Waals surface area (Å²) in [6, 6.07) is 0. The standard InChI is InChI=1S/C29H48N2O4/c1-20(32)31-15-13-30(14-16-31)18-26(33)25-8-7-23-22-6-5-21-17-27(2,34)11-12-29(21,19-35-4)24(22)9-10-28(23,25)3/h21-25,34H,5-19H2,1-4H3. The number of methoxy groups -OCH3 is 1. The van der Waals surface area contributed by atoms with Gasteiger partial charge in [0.2, 0.25) is 5.91 Å². The summed E-state index contributed by atoms with van der Waals surface area (Å²) in [6.07, 6.45) is 9.94. The van der Waals surface area contributed by atoms with Crippen LogP contribution >= 0.6 is 0 Å². The molecule has 198 valence electrons. The van der Waals surface area contributed by atoms with E-state index >= 15 is 0 Å². The maximum Gasteiger partial charge on any atom is 0.219 e. The van der Waals surface area contributed by atoms with Crippen LogP contribution in [0.4, 0.5) is 0 Å². The van der Waals surface area contributed by atoms with Gasteiger partial charge in [-0.25, -0.2) is 0 Å². The number of carbonyl (C=O) groups is 2. The summed E-state index contributed by atoms with van der Waals surface area (Å²) < 4.78 is 5.90. The maximum atomic E-state index is 13.6. The van der Waals surface area contributed by atoms with Crippen molar-refractivity contribution in [2.24, 2.45) is 40.4 Å². The van der Waals surface area contributed by atoms with Crippen molar-refractivity contribution in [3.8, 4) is 0 Å². The van der Waals surface area contributed by atoms with Crippen LogP contribution in [0.15, 0.2) is 0 Å². The van der Waals surface area contributed by atoms with Gasteiger partial charge in [0.15, 0.2) is 0 Å². The minimum atomic E-state index is -0.529. The average molecular weight is 489 g/mol. The van der Waals surface area contributed by atoms with E-state index in [0.717, 1.165) is 64.9 Å². The summed E-state index contributed by atoms with van der Waals surface area (Å²) in [5, 5.41) is 10.9. The lowest BCUT2D eigenvalue weighted by Gasteiger charge is -2.62. The van der Waals surface area contributed by atoms with E-state index < -0.39 is 5.60 Å². The Morgan fingerprint density at radius 1 is 0.943 bits per heavy atom. The minimum absolute atomic E-state index is 0.126. The van der Waals surface area contributed by atoms with Gasteiger partial charge in [-0.1, -0.05) is 6.92 Å². The number of hydrogen-bond acceptors (Lipinski definition) is 5. The van der Waals surface area contributed by atoms with Crippen LogP contribution in [-0.2, 0) is 14.3 Å². The van der Waals surface area contributed by atoms with Crippen molar-refractivity contribution < 1.29 is 19.4 Å². The molecule has 1 saturated heterocycles. The maximum absolute atomic E-state index is 13.6. The van der Waals surface area contributed by atoms with E-state index in [9.17, 15) is 14.7 Å². The minimum Gasteiger partial charge on any atom is -0.390 e. The lowest BCUT2D eigenvalue weighted by molar-refractivity contribution is -0.175. The Balaban J connectivity index is 1.28. The molecule has 5 fully saturated rings. The second kappa shape index (κ2) is 9.40. The number of ether oxygens (including phenoxy) is 1. The van der Waals surface area contributed by atoms with Crippen LogP contribution in [0.1, 0.15) is 78.6 Å². The number of aliphatic hydroxyl groups is 1. The molecule has 5 aliphatic rings. The fourth-order valence-electron chi connectivity index (χ4n) is 9.86. The Bertz CT molecular complexity index is 821. The Morgan fingerprint density at radius 3 is 2.37 bits per heavy atom. The van der Waals surface area contributed by atoms with Crippen molar-refractivity contribution in [1.29, 1.82) is 0 Å². The van der Waals surface area contributed by atoms with Crippen molar-refractivity contribution in [2.45, 2.75) is 84.2 Å². The SMILES string of the molecule is COCC12CCC(C)(O)CC1CCC1C3CCC(C(=O)CN4CCN(C(C)=O)CC4)C3(C)CCC12. The van der Waals surface area contributed by atoms with Crippen LogP contribution in [0.25, 0.3) is 0 Å². The fraction of sp³-hybridized carbons (Fsp3) is 0.931. The zero-order chi connectivity index (χ0) is 25.0. The first-order valence-corrected chi connectivity index (χ1v) is 14.3. The molecule has 0 radical (unpaired) electrons. The first-order chi connectivity index (χ1) is 16.6. The normalized spacial score (nSPS) is 46.0. The summed E-state index contributed by atoms with van der Waals surface area (Å²) in [5.74, 6) is 3.33. The van der Waals surface area contributed by atoms with Gasteiger partial charge < -0.3 is 14.7 Å². The number of piperazine rings is 1. The van der Waals surface area contributed by atoms with E-state index in [2.05, 4.69) is 11.8 Å². The van der Waals surface area contributed by atoms with Gasteiger partial charge >= 0.3 is 0 Å². The van der Waals surface area contributed by atoms with E-state index in [0.29, 0.717) is 36.0 Å². The number of Topliss-reactive ketones (excluding diaryl/α,β-unsaturated/α-hetero) is 1. The Morgan fingerprint density at radius 2 is 1.69 bits per heavy atom. The molecule has 6 heteroatoms. The molecule has 6 nitrogen and oxygen atoms in total. The third-order valence-electron chi connectivity index (χ3n) is 11.7. The van der Waals surface area contributed by atoms with Gasteiger partial charge in [-0.2, -0.15) is 0 Å². The molecular formula is C29H48N2O4. The van der Waals surface area contributed by atoms with E-state index in [1.165, 1.54) is 25.7 Å². The third kappa shape index (κ3) is 4.40. The second-order valence-corrected chi connectivity index (χ2v) is 13.4. The van der Waals surface area contributed by atoms with Crippen LogP contribution in [0.3, 0.4) is 0 Å². The first-order valence-electron chi connectivity index (χ1n) is 14.3. The predicted octanol–water partition coefficient (Wildman–Crippen LogP) is 3.76. The van der Waals surface area contributed by atoms with Crippen molar-refractivity contribution in [2.75, 3.05) is 46.4 Å². The van der Waals surface area contributed by atoms with Crippen LogP contribution in [0.2, 0.25) is 0 Å². The number of nitrogens with zero attached hydrogens (tertiary/aromatic N) is 2. The van der Waals surface area contributed by atoms with Gasteiger partial charge in [-0.3, -0.25) is 14.5 Å². The Kier molecular flexibility index (Phi) is 6.89. The predicted molar refractivity (Wildman–Crippen MR) is 136 cm³/mol. The number of hydrogen-bond donors (Lipinski definition) is 1. The molecule has 0 aromatic rings. The lowest BCUT2D eigenvalue weighted by Crippen LogP contribution is -2.58. The number of rotatable bonds is 5. The summed E-state index contributed by atoms with van der Waals surface area (Å²) in [6.45, 7) is 10.6. The summed E-state index contributed by atoms with van der Waals surface area (Å²) in [5.41, 5.74) is -0.195. The quantitative estimate of drug-likeness (QED) is 0.638. The Labute approximate surface area is 212 Å². The van der Waals surface area contributed by atoms with E-state index in [-0.39, 0.29) is 22.7 Å². The van der Waals surface area contributed by atoms with Crippen LogP contribution in [0.5, 0.6) is 0 Å². The highest BCUT2D eigenvalue weighted by atomic mass is 16.5. The van der Waals surface area contributed by atoms with E-state index in [1.54, 1.807) is 6.92 Å². The van der Waals surface area contributed by atoms with Crippen LogP contribution in [0, 0.1) is 40.4 Å². The van der Waals surface area contributed by atoms with Gasteiger partial charge in [0.25, 0.3) is 0 Å². The van der Waals surface area contributed by atoms with Crippen molar-refractivity contribution in [3.05, 3.63) is 0 Å². The number of amides is 1. The number of carbonyl (C=O) groups excluding carboxylic acids is 2. The van der Waals surface area contributed by atoms with Crippen LogP contribution in [-0.4, -0.2) is 78.6 Å². The van der Waals surface area contributed by atoms with Gasteiger partial charge in [0, 0.05) is 46.1 Å². The van der Waals surface area contributed by atoms with Crippen LogP contribution < -0.4 is 0 Å². The molecule has 0 spiro atoms. The summed E-state index contributed by atoms with van der Waals surface area (Å²) in [7, 11) is 1.86. The molecule has 8 atom stereocenters. The molecule has 1 amide bonds. The molecule has 1 N–H and O–H groups in total. The monoisotopic (exact) mass is 488 g/mol. The molecule has 5 rings (SSSR count). The number of fused-ring (bicyclic) bond motifs is 5. The van der Waals surface area contributed by atoms with E-state index in [1.807, 2.05) is 18.9 Å². The van der Waals surface area contributed by atoms with Gasteiger partial charge in [-0.15, -0.1) is 0 Å². The first kappa shape index (κ1) is 25.7. The third-order valence-corrected chi connectivity index (χ3v) is 11.7. The van der Waals surface area contributed by atoms with Gasteiger partial charge in [0.05, 0.1) is 18.8 Å². The molecular weight excluding hydrogens is 440 g/mol. The molecule has 8 unspecified atom stereocenters. The topological polar surface area (TPSA) is 70.1 Å². The average Bonchev–Trinajstić information content (AvgIpc) is 3.17. The largest absolute Gasteiger partial charge is 0.390 e. The zero-order valence-corrected chi connectivity index (χ0v) is 22.6. The zero-order valence-electron chi connectivity index (χ0n) is 22.6. The van der Waals surface area contributed by atoms with Gasteiger partial charge in [0.1, 0.15) is 5.78 Å². The molecule has 0 aromatic heterocycles. The summed E-state index contributed by atoms with van der Waals surface area (Å²) >= 11 is 0. The molecule has 0 bridgehead atoms. The molecule has 35 heavy (non-hydrogen) atoms. The summed E-state index contributed by atoms with van der Waals surface area (Å²) in [4.78, 5) is 29.5.